The molecule has 0 saturated carbocycles. The number of rotatable bonds is 7. The van der Waals surface area contributed by atoms with Crippen LogP contribution in [0, 0.1) is 18.8 Å². The lowest BCUT2D eigenvalue weighted by atomic mass is 9.86. The minimum Gasteiger partial charge on any atom is -0.314 e. The van der Waals surface area contributed by atoms with Gasteiger partial charge in [-0.3, -0.25) is 0 Å². The molecule has 0 radical (unpaired) electrons. The third-order valence-corrected chi connectivity index (χ3v) is 3.82. The Balaban J connectivity index is 2.65. The first-order valence-corrected chi connectivity index (χ1v) is 7.31. The van der Waals surface area contributed by atoms with E-state index in [2.05, 4.69) is 64.2 Å². The van der Waals surface area contributed by atoms with Crippen molar-refractivity contribution in [3.8, 4) is 0 Å². The molecule has 1 N–H and O–H groups in total. The molecule has 18 heavy (non-hydrogen) atoms. The van der Waals surface area contributed by atoms with E-state index in [1.165, 1.54) is 24.0 Å². The first-order chi connectivity index (χ1) is 8.52. The Morgan fingerprint density at radius 3 is 2.44 bits per heavy atom. The second-order valence-electron chi connectivity index (χ2n) is 5.90. The van der Waals surface area contributed by atoms with Crippen LogP contribution in [0.25, 0.3) is 0 Å². The Kier molecular flexibility index (Phi) is 6.42. The Morgan fingerprint density at radius 1 is 1.17 bits per heavy atom. The van der Waals surface area contributed by atoms with E-state index >= 15 is 0 Å². The van der Waals surface area contributed by atoms with Gasteiger partial charge in [0.15, 0.2) is 0 Å². The smallest absolute Gasteiger partial charge is 0.00104 e. The molecule has 2 unspecified atom stereocenters. The van der Waals surface area contributed by atoms with Gasteiger partial charge in [0.2, 0.25) is 0 Å². The molecular formula is C17H29N. The van der Waals surface area contributed by atoms with Gasteiger partial charge in [0.1, 0.15) is 0 Å². The standard InChI is InChI=1S/C17H29N/c1-6-15(5)17(12-18-13(2)3)11-16-9-7-8-14(4)10-16/h7-10,13,15,17-18H,6,11-12H2,1-5H3. The van der Waals surface area contributed by atoms with E-state index in [9.17, 15) is 0 Å². The van der Waals surface area contributed by atoms with Crippen LogP contribution in [0.2, 0.25) is 0 Å². The van der Waals surface area contributed by atoms with Gasteiger partial charge < -0.3 is 5.32 Å². The summed E-state index contributed by atoms with van der Waals surface area (Å²) in [6, 6.07) is 9.51. The van der Waals surface area contributed by atoms with Gasteiger partial charge in [0, 0.05) is 6.04 Å². The van der Waals surface area contributed by atoms with Crippen molar-refractivity contribution in [2.75, 3.05) is 6.54 Å². The topological polar surface area (TPSA) is 12.0 Å². The molecule has 0 spiro atoms. The summed E-state index contributed by atoms with van der Waals surface area (Å²) in [5, 5.41) is 3.60. The average molecular weight is 247 g/mol. The zero-order valence-electron chi connectivity index (χ0n) is 12.7. The maximum Gasteiger partial charge on any atom is 0.00104 e. The molecule has 0 aliphatic rings. The summed E-state index contributed by atoms with van der Waals surface area (Å²) in [4.78, 5) is 0. The lowest BCUT2D eigenvalue weighted by Gasteiger charge is -2.25. The van der Waals surface area contributed by atoms with Crippen molar-refractivity contribution in [1.82, 2.24) is 5.32 Å². The SMILES string of the molecule is CCC(C)C(CNC(C)C)Cc1cccc(C)c1. The summed E-state index contributed by atoms with van der Waals surface area (Å²) in [6.45, 7) is 12.4. The highest BCUT2D eigenvalue weighted by Gasteiger charge is 2.16. The van der Waals surface area contributed by atoms with Crippen LogP contribution in [-0.4, -0.2) is 12.6 Å². The lowest BCUT2D eigenvalue weighted by molar-refractivity contribution is 0.320. The molecule has 1 nitrogen and oxygen atoms in total. The number of nitrogens with one attached hydrogen (secondary N) is 1. The molecule has 0 aliphatic heterocycles. The van der Waals surface area contributed by atoms with Crippen molar-refractivity contribution in [3.05, 3.63) is 35.4 Å². The van der Waals surface area contributed by atoms with Crippen molar-refractivity contribution < 1.29 is 0 Å². The maximum absolute atomic E-state index is 3.60. The van der Waals surface area contributed by atoms with Gasteiger partial charge in [-0.15, -0.1) is 0 Å². The third-order valence-electron chi connectivity index (χ3n) is 3.82. The molecule has 102 valence electrons. The fourth-order valence-electron chi connectivity index (χ4n) is 2.34. The highest BCUT2D eigenvalue weighted by atomic mass is 14.9. The molecule has 0 fully saturated rings. The Bertz CT molecular complexity index is 343. The van der Waals surface area contributed by atoms with E-state index in [1.807, 2.05) is 0 Å². The second kappa shape index (κ2) is 7.58. The average Bonchev–Trinajstić information content (AvgIpc) is 2.33. The van der Waals surface area contributed by atoms with Crippen LogP contribution in [0.1, 0.15) is 45.2 Å². The van der Waals surface area contributed by atoms with Crippen LogP contribution in [-0.2, 0) is 6.42 Å². The summed E-state index contributed by atoms with van der Waals surface area (Å²) >= 11 is 0. The zero-order valence-corrected chi connectivity index (χ0v) is 12.7. The van der Waals surface area contributed by atoms with Gasteiger partial charge in [-0.05, 0) is 37.3 Å². The molecule has 0 amide bonds. The number of aryl methyl sites for hydroxylation is 1. The number of hydrogen-bond donors (Lipinski definition) is 1. The number of hydrogen-bond acceptors (Lipinski definition) is 1. The van der Waals surface area contributed by atoms with Gasteiger partial charge >= 0.3 is 0 Å². The van der Waals surface area contributed by atoms with E-state index < -0.39 is 0 Å². The van der Waals surface area contributed by atoms with Gasteiger partial charge in [0.05, 0.1) is 0 Å². The quantitative estimate of drug-likeness (QED) is 0.761. The van der Waals surface area contributed by atoms with Crippen molar-refractivity contribution in [3.63, 3.8) is 0 Å². The first kappa shape index (κ1) is 15.2. The molecule has 1 heteroatoms. The number of benzene rings is 1. The highest BCUT2D eigenvalue weighted by Crippen LogP contribution is 2.20. The van der Waals surface area contributed by atoms with Crippen molar-refractivity contribution in [1.29, 1.82) is 0 Å². The van der Waals surface area contributed by atoms with Crippen LogP contribution < -0.4 is 5.32 Å². The van der Waals surface area contributed by atoms with E-state index in [0.29, 0.717) is 6.04 Å². The molecule has 0 saturated heterocycles. The second-order valence-corrected chi connectivity index (χ2v) is 5.90. The molecular weight excluding hydrogens is 218 g/mol. The summed E-state index contributed by atoms with van der Waals surface area (Å²) in [5.41, 5.74) is 2.85. The van der Waals surface area contributed by atoms with E-state index in [-0.39, 0.29) is 0 Å². The van der Waals surface area contributed by atoms with Crippen LogP contribution in [0.3, 0.4) is 0 Å². The Morgan fingerprint density at radius 2 is 1.89 bits per heavy atom. The fourth-order valence-corrected chi connectivity index (χ4v) is 2.34. The summed E-state index contributed by atoms with van der Waals surface area (Å²) in [7, 11) is 0. The fraction of sp³-hybridized carbons (Fsp3) is 0.647. The molecule has 2 atom stereocenters. The van der Waals surface area contributed by atoms with Crippen LogP contribution >= 0.6 is 0 Å². The summed E-state index contributed by atoms with van der Waals surface area (Å²) in [6.07, 6.45) is 2.45. The Labute approximate surface area is 113 Å². The van der Waals surface area contributed by atoms with Crippen LogP contribution in [0.5, 0.6) is 0 Å². The predicted octanol–water partition coefficient (Wildman–Crippen LogP) is 4.20. The van der Waals surface area contributed by atoms with Crippen molar-refractivity contribution in [2.45, 2.75) is 53.5 Å². The van der Waals surface area contributed by atoms with E-state index in [1.54, 1.807) is 0 Å². The molecule has 1 rings (SSSR count). The van der Waals surface area contributed by atoms with Crippen LogP contribution in [0.15, 0.2) is 24.3 Å². The van der Waals surface area contributed by atoms with Crippen molar-refractivity contribution in [2.24, 2.45) is 11.8 Å². The van der Waals surface area contributed by atoms with Crippen molar-refractivity contribution >= 4 is 0 Å². The van der Waals surface area contributed by atoms with Gasteiger partial charge in [-0.2, -0.15) is 0 Å². The minimum atomic E-state index is 0.578. The normalized spacial score (nSPS) is 14.8. The monoisotopic (exact) mass is 247 g/mol. The van der Waals surface area contributed by atoms with Crippen LogP contribution in [0.4, 0.5) is 0 Å². The van der Waals surface area contributed by atoms with Gasteiger partial charge in [-0.1, -0.05) is 63.9 Å². The zero-order chi connectivity index (χ0) is 13.5. The minimum absolute atomic E-state index is 0.578. The molecule has 1 aromatic rings. The maximum atomic E-state index is 3.60. The van der Waals surface area contributed by atoms with Gasteiger partial charge in [-0.25, -0.2) is 0 Å². The van der Waals surface area contributed by atoms with Gasteiger partial charge in [0.25, 0.3) is 0 Å². The molecule has 0 bridgehead atoms. The van der Waals surface area contributed by atoms with E-state index in [4.69, 9.17) is 0 Å². The highest BCUT2D eigenvalue weighted by molar-refractivity contribution is 5.22. The molecule has 1 aromatic carbocycles. The summed E-state index contributed by atoms with van der Waals surface area (Å²) < 4.78 is 0. The molecule has 0 aromatic heterocycles. The summed E-state index contributed by atoms with van der Waals surface area (Å²) in [5.74, 6) is 1.51. The predicted molar refractivity (Wildman–Crippen MR) is 81.0 cm³/mol. The Hall–Kier alpha value is -0.820. The first-order valence-electron chi connectivity index (χ1n) is 7.31. The van der Waals surface area contributed by atoms with E-state index in [0.717, 1.165) is 18.4 Å². The third kappa shape index (κ3) is 5.22. The lowest BCUT2D eigenvalue weighted by Crippen LogP contribution is -2.32. The molecule has 0 aliphatic carbocycles. The largest absolute Gasteiger partial charge is 0.314 e. The molecule has 0 heterocycles.